The summed E-state index contributed by atoms with van der Waals surface area (Å²) < 4.78 is 1.67. The zero-order chi connectivity index (χ0) is 12.4. The Labute approximate surface area is 98.5 Å². The van der Waals surface area contributed by atoms with Crippen molar-refractivity contribution >= 4 is 17.8 Å². The number of hydrogen-bond donors (Lipinski definition) is 1. The summed E-state index contributed by atoms with van der Waals surface area (Å²) in [6.07, 6.45) is 4.01. The largest absolute Gasteiger partial charge is 0.350 e. The molecule has 2 aromatic heterocycles. The van der Waals surface area contributed by atoms with Gasteiger partial charge in [0.1, 0.15) is 11.3 Å². The Kier molecular flexibility index (Phi) is 2.91. The summed E-state index contributed by atoms with van der Waals surface area (Å²) in [5.41, 5.74) is 1.27. The molecule has 88 valence electrons. The van der Waals surface area contributed by atoms with E-state index in [4.69, 9.17) is 0 Å². The highest BCUT2D eigenvalue weighted by Crippen LogP contribution is 2.10. The first kappa shape index (κ1) is 11.3. The number of aldehydes is 1. The predicted octanol–water partition coefficient (Wildman–Crippen LogP) is 1.28. The fraction of sp³-hybridized carbons (Fsp3) is 0.250. The number of aromatic nitrogens is 2. The van der Waals surface area contributed by atoms with E-state index in [0.29, 0.717) is 23.2 Å². The van der Waals surface area contributed by atoms with E-state index in [2.05, 4.69) is 10.3 Å². The van der Waals surface area contributed by atoms with Crippen LogP contribution in [0.2, 0.25) is 0 Å². The molecular weight excluding hydrogens is 218 g/mol. The molecule has 0 saturated carbocycles. The molecule has 1 amide bonds. The van der Waals surface area contributed by atoms with Crippen molar-refractivity contribution in [3.63, 3.8) is 0 Å². The Morgan fingerprint density at radius 2 is 2.29 bits per heavy atom. The molecule has 0 aromatic carbocycles. The average Bonchev–Trinajstić information content (AvgIpc) is 2.70. The maximum Gasteiger partial charge on any atom is 0.255 e. The molecule has 0 bridgehead atoms. The molecule has 2 rings (SSSR count). The van der Waals surface area contributed by atoms with Gasteiger partial charge in [-0.3, -0.25) is 9.59 Å². The second-order valence-corrected chi connectivity index (χ2v) is 4.06. The van der Waals surface area contributed by atoms with Crippen LogP contribution in [0.4, 0.5) is 0 Å². The Morgan fingerprint density at radius 1 is 1.53 bits per heavy atom. The van der Waals surface area contributed by atoms with Crippen LogP contribution in [0, 0.1) is 0 Å². The van der Waals surface area contributed by atoms with E-state index in [-0.39, 0.29) is 11.9 Å². The molecule has 2 aromatic rings. The molecule has 17 heavy (non-hydrogen) atoms. The third-order valence-corrected chi connectivity index (χ3v) is 2.29. The second-order valence-electron chi connectivity index (χ2n) is 4.06. The molecule has 0 aliphatic carbocycles. The summed E-state index contributed by atoms with van der Waals surface area (Å²) in [4.78, 5) is 26.7. The summed E-state index contributed by atoms with van der Waals surface area (Å²) in [6, 6.07) is 3.50. The van der Waals surface area contributed by atoms with Gasteiger partial charge in [0.2, 0.25) is 0 Å². The third-order valence-electron chi connectivity index (χ3n) is 2.29. The summed E-state index contributed by atoms with van der Waals surface area (Å²) in [5, 5.41) is 2.80. The molecule has 0 unspecified atom stereocenters. The minimum Gasteiger partial charge on any atom is -0.350 e. The fourth-order valence-corrected chi connectivity index (χ4v) is 1.61. The van der Waals surface area contributed by atoms with Gasteiger partial charge >= 0.3 is 0 Å². The third kappa shape index (κ3) is 2.18. The monoisotopic (exact) mass is 231 g/mol. The fourth-order valence-electron chi connectivity index (χ4n) is 1.61. The molecule has 1 N–H and O–H groups in total. The van der Waals surface area contributed by atoms with Gasteiger partial charge in [-0.25, -0.2) is 4.98 Å². The number of carbonyl (C=O) groups excluding carboxylic acids is 2. The van der Waals surface area contributed by atoms with Crippen molar-refractivity contribution in [3.05, 3.63) is 35.8 Å². The molecule has 2 heterocycles. The number of carbonyl (C=O) groups is 2. The van der Waals surface area contributed by atoms with Crippen LogP contribution in [0.1, 0.15) is 34.7 Å². The number of fused-ring (bicyclic) bond motifs is 1. The smallest absolute Gasteiger partial charge is 0.255 e. The summed E-state index contributed by atoms with van der Waals surface area (Å²) in [7, 11) is 0. The van der Waals surface area contributed by atoms with E-state index in [1.165, 1.54) is 0 Å². The van der Waals surface area contributed by atoms with E-state index in [1.54, 1.807) is 28.9 Å². The van der Waals surface area contributed by atoms with E-state index in [1.807, 2.05) is 13.8 Å². The van der Waals surface area contributed by atoms with Gasteiger partial charge in [0.15, 0.2) is 6.29 Å². The van der Waals surface area contributed by atoms with Gasteiger partial charge in [0.05, 0.1) is 5.56 Å². The molecule has 5 nitrogen and oxygen atoms in total. The first-order valence-corrected chi connectivity index (χ1v) is 5.35. The summed E-state index contributed by atoms with van der Waals surface area (Å²) in [5.74, 6) is -0.186. The Balaban J connectivity index is 2.49. The molecule has 0 aliphatic rings. The molecule has 0 aliphatic heterocycles. The standard InChI is InChI=1S/C12H13N3O2/c1-8(2)13-12(17)10-4-3-5-15-6-9(7-16)14-11(10)15/h3-8H,1-2H3,(H,13,17). The number of imidazole rings is 1. The van der Waals surface area contributed by atoms with Gasteiger partial charge in [0.25, 0.3) is 5.91 Å². The maximum absolute atomic E-state index is 11.9. The number of hydrogen-bond acceptors (Lipinski definition) is 3. The average molecular weight is 231 g/mol. The number of amides is 1. The van der Waals surface area contributed by atoms with E-state index in [9.17, 15) is 9.59 Å². The molecule has 0 saturated heterocycles. The van der Waals surface area contributed by atoms with Crippen LogP contribution >= 0.6 is 0 Å². The summed E-state index contributed by atoms with van der Waals surface area (Å²) in [6.45, 7) is 3.78. The van der Waals surface area contributed by atoms with Crippen LogP contribution in [0.15, 0.2) is 24.5 Å². The van der Waals surface area contributed by atoms with Crippen molar-refractivity contribution in [2.24, 2.45) is 0 Å². The van der Waals surface area contributed by atoms with Crippen LogP contribution in [-0.2, 0) is 0 Å². The number of nitrogens with one attached hydrogen (secondary N) is 1. The van der Waals surface area contributed by atoms with Crippen molar-refractivity contribution < 1.29 is 9.59 Å². The van der Waals surface area contributed by atoms with Gasteiger partial charge in [-0.05, 0) is 26.0 Å². The predicted molar refractivity (Wildman–Crippen MR) is 63.2 cm³/mol. The highest BCUT2D eigenvalue weighted by molar-refractivity contribution is 6.00. The van der Waals surface area contributed by atoms with E-state index >= 15 is 0 Å². The highest BCUT2D eigenvalue weighted by atomic mass is 16.1. The molecule has 5 heteroatoms. The minimum absolute atomic E-state index is 0.0586. The van der Waals surface area contributed by atoms with Gasteiger partial charge in [-0.1, -0.05) is 0 Å². The van der Waals surface area contributed by atoms with Crippen LogP contribution in [0.25, 0.3) is 5.65 Å². The molecule has 0 radical (unpaired) electrons. The number of rotatable bonds is 3. The lowest BCUT2D eigenvalue weighted by Gasteiger charge is -2.08. The molecule has 0 spiro atoms. The van der Waals surface area contributed by atoms with Gasteiger partial charge in [-0.2, -0.15) is 0 Å². The normalized spacial score (nSPS) is 10.8. The topological polar surface area (TPSA) is 63.5 Å². The first-order valence-electron chi connectivity index (χ1n) is 5.35. The molecular formula is C12H13N3O2. The van der Waals surface area contributed by atoms with Crippen LogP contribution in [0.5, 0.6) is 0 Å². The van der Waals surface area contributed by atoms with Gasteiger partial charge in [-0.15, -0.1) is 0 Å². The lowest BCUT2D eigenvalue weighted by atomic mass is 10.2. The zero-order valence-electron chi connectivity index (χ0n) is 9.68. The summed E-state index contributed by atoms with van der Waals surface area (Å²) >= 11 is 0. The molecule has 0 atom stereocenters. The van der Waals surface area contributed by atoms with Crippen molar-refractivity contribution in [3.8, 4) is 0 Å². The Hall–Kier alpha value is -2.17. The second kappa shape index (κ2) is 4.37. The van der Waals surface area contributed by atoms with E-state index < -0.39 is 0 Å². The highest BCUT2D eigenvalue weighted by Gasteiger charge is 2.13. The number of nitrogens with zero attached hydrogens (tertiary/aromatic N) is 2. The Bertz CT molecular complexity index is 572. The zero-order valence-corrected chi connectivity index (χ0v) is 9.68. The van der Waals surface area contributed by atoms with Gasteiger partial charge < -0.3 is 9.72 Å². The first-order chi connectivity index (χ1) is 8.11. The quantitative estimate of drug-likeness (QED) is 0.809. The lowest BCUT2D eigenvalue weighted by molar-refractivity contribution is 0.0943. The van der Waals surface area contributed by atoms with Gasteiger partial charge in [0, 0.05) is 18.4 Å². The number of pyridine rings is 1. The lowest BCUT2D eigenvalue weighted by Crippen LogP contribution is -2.30. The minimum atomic E-state index is -0.186. The van der Waals surface area contributed by atoms with Crippen LogP contribution < -0.4 is 5.32 Å². The molecule has 0 fully saturated rings. The maximum atomic E-state index is 11.9. The van der Waals surface area contributed by atoms with Crippen molar-refractivity contribution in [2.75, 3.05) is 0 Å². The van der Waals surface area contributed by atoms with E-state index in [0.717, 1.165) is 0 Å². The SMILES string of the molecule is CC(C)NC(=O)c1cccn2cc(C=O)nc12. The van der Waals surface area contributed by atoms with Crippen molar-refractivity contribution in [2.45, 2.75) is 19.9 Å². The van der Waals surface area contributed by atoms with Crippen molar-refractivity contribution in [1.82, 2.24) is 14.7 Å². The van der Waals surface area contributed by atoms with Crippen LogP contribution in [-0.4, -0.2) is 27.6 Å². The Morgan fingerprint density at radius 3 is 2.94 bits per heavy atom. The van der Waals surface area contributed by atoms with Crippen molar-refractivity contribution in [1.29, 1.82) is 0 Å². The van der Waals surface area contributed by atoms with Crippen LogP contribution in [0.3, 0.4) is 0 Å².